The molecular weight excluding hydrogens is 368 g/mol. The van der Waals surface area contributed by atoms with Gasteiger partial charge in [0.05, 0.1) is 11.5 Å². The van der Waals surface area contributed by atoms with E-state index < -0.39 is 5.97 Å². The van der Waals surface area contributed by atoms with E-state index in [0.29, 0.717) is 24.8 Å². The third kappa shape index (κ3) is 3.25. The highest BCUT2D eigenvalue weighted by Crippen LogP contribution is 2.32. The van der Waals surface area contributed by atoms with Crippen molar-refractivity contribution in [2.45, 2.75) is 6.54 Å². The maximum absolute atomic E-state index is 11.0. The third-order valence-corrected chi connectivity index (χ3v) is 5.29. The summed E-state index contributed by atoms with van der Waals surface area (Å²) in [5, 5.41) is 15.4. The van der Waals surface area contributed by atoms with E-state index >= 15 is 0 Å². The van der Waals surface area contributed by atoms with Crippen molar-refractivity contribution in [3.63, 3.8) is 0 Å². The van der Waals surface area contributed by atoms with Crippen LogP contribution in [-0.2, 0) is 11.3 Å². The first-order chi connectivity index (χ1) is 14.2. The summed E-state index contributed by atoms with van der Waals surface area (Å²) < 4.78 is 5.44. The molecule has 1 saturated heterocycles. The van der Waals surface area contributed by atoms with E-state index in [2.05, 4.69) is 32.2 Å². The first kappa shape index (κ1) is 17.5. The molecule has 4 aromatic rings. The van der Waals surface area contributed by atoms with Crippen molar-refractivity contribution in [1.29, 1.82) is 0 Å². The molecule has 0 spiro atoms. The van der Waals surface area contributed by atoms with E-state index in [9.17, 15) is 4.79 Å². The Morgan fingerprint density at radius 2 is 1.93 bits per heavy atom. The van der Waals surface area contributed by atoms with Crippen molar-refractivity contribution < 1.29 is 14.4 Å². The van der Waals surface area contributed by atoms with Gasteiger partial charge < -0.3 is 9.63 Å². The number of carboxylic acid groups (broad SMARTS) is 1. The molecule has 1 fully saturated rings. The van der Waals surface area contributed by atoms with E-state index in [-0.39, 0.29) is 5.92 Å². The lowest BCUT2D eigenvalue weighted by Gasteiger charge is -2.36. The molecule has 29 heavy (non-hydrogen) atoms. The molecule has 0 atom stereocenters. The average molecular weight is 386 g/mol. The average Bonchev–Trinajstić information content (AvgIpc) is 3.20. The fourth-order valence-corrected chi connectivity index (χ4v) is 3.73. The third-order valence-electron chi connectivity index (χ3n) is 5.29. The summed E-state index contributed by atoms with van der Waals surface area (Å²) >= 11 is 0. The Bertz CT molecular complexity index is 1180. The van der Waals surface area contributed by atoms with Gasteiger partial charge in [0.25, 0.3) is 5.89 Å². The van der Waals surface area contributed by atoms with Gasteiger partial charge in [-0.05, 0) is 28.5 Å². The predicted octanol–water partition coefficient (Wildman–Crippen LogP) is 3.47. The molecule has 2 aromatic carbocycles. The zero-order valence-corrected chi connectivity index (χ0v) is 15.5. The fourth-order valence-electron chi connectivity index (χ4n) is 3.73. The van der Waals surface area contributed by atoms with Gasteiger partial charge in [-0.25, -0.2) is 0 Å². The number of fused-ring (bicyclic) bond motifs is 1. The number of hydrogen-bond donors (Lipinski definition) is 1. The van der Waals surface area contributed by atoms with Crippen LogP contribution in [0, 0.1) is 5.92 Å². The van der Waals surface area contributed by atoms with Gasteiger partial charge in [-0.1, -0.05) is 41.6 Å². The number of carbonyl (C=O) groups is 1. The lowest BCUT2D eigenvalue weighted by Crippen LogP contribution is -2.49. The zero-order valence-electron chi connectivity index (χ0n) is 15.5. The highest BCUT2D eigenvalue weighted by molar-refractivity contribution is 5.97. The molecule has 0 amide bonds. The minimum Gasteiger partial charge on any atom is -0.481 e. The molecule has 0 bridgehead atoms. The number of rotatable bonds is 5. The lowest BCUT2D eigenvalue weighted by atomic mass is 9.95. The van der Waals surface area contributed by atoms with E-state index in [1.807, 2.05) is 36.4 Å². The minimum absolute atomic E-state index is 0.259. The fraction of sp³-hybridized carbons (Fsp3) is 0.182. The van der Waals surface area contributed by atoms with Crippen molar-refractivity contribution in [2.75, 3.05) is 13.1 Å². The van der Waals surface area contributed by atoms with Gasteiger partial charge in [0.1, 0.15) is 0 Å². The standard InChI is InChI=1S/C22H18N4O3/c27-22(28)16-12-26(13-16)11-15-7-8-19(18-6-2-1-5-17(15)18)20-24-21(29-25-20)14-4-3-9-23-10-14/h1-10,16H,11-13H2,(H,27,28). The number of benzene rings is 2. The molecule has 3 heterocycles. The highest BCUT2D eigenvalue weighted by atomic mass is 16.5. The van der Waals surface area contributed by atoms with Gasteiger partial charge in [-0.3, -0.25) is 14.7 Å². The van der Waals surface area contributed by atoms with Gasteiger partial charge >= 0.3 is 5.97 Å². The van der Waals surface area contributed by atoms with Crippen molar-refractivity contribution in [3.8, 4) is 22.8 Å². The van der Waals surface area contributed by atoms with Crippen molar-refractivity contribution in [2.24, 2.45) is 5.92 Å². The summed E-state index contributed by atoms with van der Waals surface area (Å²) in [6.45, 7) is 1.90. The summed E-state index contributed by atoms with van der Waals surface area (Å²) in [6, 6.07) is 15.9. The summed E-state index contributed by atoms with van der Waals surface area (Å²) in [5.41, 5.74) is 2.83. The van der Waals surface area contributed by atoms with Gasteiger partial charge in [0.2, 0.25) is 5.82 Å². The smallest absolute Gasteiger partial charge is 0.309 e. The van der Waals surface area contributed by atoms with Crippen LogP contribution in [0.4, 0.5) is 0 Å². The van der Waals surface area contributed by atoms with Crippen LogP contribution in [0.2, 0.25) is 0 Å². The number of likely N-dealkylation sites (tertiary alicyclic amines) is 1. The summed E-state index contributed by atoms with van der Waals surface area (Å²) in [5.74, 6) is -0.0169. The molecule has 1 aliphatic rings. The van der Waals surface area contributed by atoms with Crippen molar-refractivity contribution in [1.82, 2.24) is 20.0 Å². The van der Waals surface area contributed by atoms with Crippen LogP contribution in [0.1, 0.15) is 5.56 Å². The van der Waals surface area contributed by atoms with Crippen LogP contribution in [0.5, 0.6) is 0 Å². The number of pyridine rings is 1. The minimum atomic E-state index is -0.719. The molecule has 2 aromatic heterocycles. The molecule has 7 nitrogen and oxygen atoms in total. The lowest BCUT2D eigenvalue weighted by molar-refractivity contribution is -0.147. The maximum atomic E-state index is 11.0. The Hall–Kier alpha value is -3.58. The predicted molar refractivity (Wildman–Crippen MR) is 107 cm³/mol. The zero-order chi connectivity index (χ0) is 19.8. The van der Waals surface area contributed by atoms with Crippen LogP contribution < -0.4 is 0 Å². The van der Waals surface area contributed by atoms with Crippen LogP contribution in [0.25, 0.3) is 33.6 Å². The van der Waals surface area contributed by atoms with Gasteiger partial charge in [0.15, 0.2) is 0 Å². The Morgan fingerprint density at radius 3 is 2.69 bits per heavy atom. The summed E-state index contributed by atoms with van der Waals surface area (Å²) in [4.78, 5) is 21.8. The van der Waals surface area contributed by atoms with E-state index in [1.165, 1.54) is 0 Å². The van der Waals surface area contributed by atoms with E-state index in [1.54, 1.807) is 12.4 Å². The Balaban J connectivity index is 1.47. The number of carboxylic acids is 1. The number of aliphatic carboxylic acids is 1. The molecule has 0 unspecified atom stereocenters. The first-order valence-corrected chi connectivity index (χ1v) is 9.39. The van der Waals surface area contributed by atoms with Crippen LogP contribution in [0.15, 0.2) is 65.4 Å². The topological polar surface area (TPSA) is 92.3 Å². The first-order valence-electron chi connectivity index (χ1n) is 9.39. The van der Waals surface area contributed by atoms with Crippen LogP contribution >= 0.6 is 0 Å². The molecule has 144 valence electrons. The quantitative estimate of drug-likeness (QED) is 0.561. The second-order valence-corrected chi connectivity index (χ2v) is 7.21. The van der Waals surface area contributed by atoms with Crippen molar-refractivity contribution in [3.05, 3.63) is 66.5 Å². The Labute approximate surface area is 166 Å². The molecule has 1 N–H and O–H groups in total. The largest absolute Gasteiger partial charge is 0.481 e. The van der Waals surface area contributed by atoms with Crippen molar-refractivity contribution >= 4 is 16.7 Å². The molecular formula is C22H18N4O3. The van der Waals surface area contributed by atoms with Crippen LogP contribution in [-0.4, -0.2) is 44.2 Å². The van der Waals surface area contributed by atoms with Gasteiger partial charge in [-0.2, -0.15) is 4.98 Å². The molecule has 0 aliphatic carbocycles. The molecule has 5 rings (SSSR count). The normalized spacial score (nSPS) is 14.8. The Kier molecular flexibility index (Phi) is 4.29. The summed E-state index contributed by atoms with van der Waals surface area (Å²) in [6.07, 6.45) is 3.39. The molecule has 7 heteroatoms. The second kappa shape index (κ2) is 7.10. The number of aromatic nitrogens is 3. The SMILES string of the molecule is O=C(O)C1CN(Cc2ccc(-c3noc(-c4cccnc4)n3)c3ccccc23)C1. The second-order valence-electron chi connectivity index (χ2n) is 7.21. The number of hydrogen-bond acceptors (Lipinski definition) is 6. The maximum Gasteiger partial charge on any atom is 0.309 e. The highest BCUT2D eigenvalue weighted by Gasteiger charge is 2.32. The number of nitrogens with zero attached hydrogens (tertiary/aromatic N) is 4. The summed E-state index contributed by atoms with van der Waals surface area (Å²) in [7, 11) is 0. The molecule has 0 saturated carbocycles. The Morgan fingerprint density at radius 1 is 1.10 bits per heavy atom. The van der Waals surface area contributed by atoms with E-state index in [4.69, 9.17) is 9.63 Å². The molecule has 0 radical (unpaired) electrons. The van der Waals surface area contributed by atoms with Crippen LogP contribution in [0.3, 0.4) is 0 Å². The van der Waals surface area contributed by atoms with Gasteiger partial charge in [0, 0.05) is 37.6 Å². The van der Waals surface area contributed by atoms with E-state index in [0.717, 1.165) is 34.0 Å². The monoisotopic (exact) mass is 386 g/mol. The molecule has 1 aliphatic heterocycles. The van der Waals surface area contributed by atoms with Gasteiger partial charge in [-0.15, -0.1) is 0 Å².